The summed E-state index contributed by atoms with van der Waals surface area (Å²) < 4.78 is 39.2. The van der Waals surface area contributed by atoms with Crippen LogP contribution in [0.1, 0.15) is 19.8 Å². The van der Waals surface area contributed by atoms with Crippen molar-refractivity contribution in [3.8, 4) is 0 Å². The van der Waals surface area contributed by atoms with Crippen LogP contribution < -0.4 is 10.6 Å². The van der Waals surface area contributed by atoms with Gasteiger partial charge in [0.05, 0.1) is 0 Å². The fourth-order valence-corrected chi connectivity index (χ4v) is 2.26. The molecule has 0 aromatic rings. The molecule has 1 aliphatic heterocycles. The van der Waals surface area contributed by atoms with Crippen molar-refractivity contribution in [3.63, 3.8) is 0 Å². The van der Waals surface area contributed by atoms with Crippen LogP contribution >= 0.6 is 0 Å². The predicted octanol–water partition coefficient (Wildman–Crippen LogP) is 0.739. The second kappa shape index (κ2) is 5.28. The van der Waals surface area contributed by atoms with Crippen LogP contribution in [0.5, 0.6) is 0 Å². The number of amides is 1. The first-order valence-corrected chi connectivity index (χ1v) is 6.63. The maximum Gasteiger partial charge on any atom is 0.405 e. The largest absolute Gasteiger partial charge is 0.405 e. The quantitative estimate of drug-likeness (QED) is 0.798. The molecule has 2 aliphatic rings. The minimum atomic E-state index is -4.31. The molecule has 1 saturated heterocycles. The number of alkyl halides is 3. The van der Waals surface area contributed by atoms with E-state index in [-0.39, 0.29) is 12.5 Å². The average molecular weight is 279 g/mol. The third-order valence-electron chi connectivity index (χ3n) is 3.97. The summed E-state index contributed by atoms with van der Waals surface area (Å²) >= 11 is 0. The highest BCUT2D eigenvalue weighted by molar-refractivity contribution is 5.84. The first-order chi connectivity index (χ1) is 8.83. The van der Waals surface area contributed by atoms with Gasteiger partial charge >= 0.3 is 6.18 Å². The van der Waals surface area contributed by atoms with Crippen LogP contribution in [-0.4, -0.2) is 55.7 Å². The van der Waals surface area contributed by atoms with E-state index in [0.29, 0.717) is 26.2 Å². The molecular formula is C12H20F3N3O. The second-order valence-electron chi connectivity index (χ2n) is 5.61. The molecule has 7 heteroatoms. The van der Waals surface area contributed by atoms with E-state index in [4.69, 9.17) is 0 Å². The van der Waals surface area contributed by atoms with Gasteiger partial charge in [-0.3, -0.25) is 9.69 Å². The lowest BCUT2D eigenvalue weighted by molar-refractivity contribution is -0.184. The monoisotopic (exact) mass is 279 g/mol. The van der Waals surface area contributed by atoms with Crippen LogP contribution in [0.4, 0.5) is 13.2 Å². The molecule has 4 nitrogen and oxygen atoms in total. The van der Waals surface area contributed by atoms with Crippen LogP contribution in [0, 0.1) is 5.41 Å². The molecule has 1 unspecified atom stereocenters. The molecule has 1 aliphatic carbocycles. The summed E-state index contributed by atoms with van der Waals surface area (Å²) in [6.45, 7) is 3.26. The number of carbonyl (C=O) groups excluding carboxylic acids is 1. The molecule has 2 fully saturated rings. The molecular weight excluding hydrogens is 259 g/mol. The topological polar surface area (TPSA) is 44.4 Å². The molecule has 1 saturated carbocycles. The van der Waals surface area contributed by atoms with Gasteiger partial charge in [-0.1, -0.05) is 6.92 Å². The smallest absolute Gasteiger partial charge is 0.354 e. The van der Waals surface area contributed by atoms with Crippen molar-refractivity contribution < 1.29 is 18.0 Å². The SMILES string of the molecule is CC1(C(=O)NCC(N2CCNCC2)C(F)(F)F)CC1. The third-order valence-corrected chi connectivity index (χ3v) is 3.97. The van der Waals surface area contributed by atoms with Gasteiger partial charge in [-0.05, 0) is 12.8 Å². The maximum atomic E-state index is 13.1. The molecule has 110 valence electrons. The van der Waals surface area contributed by atoms with Gasteiger partial charge < -0.3 is 10.6 Å². The molecule has 0 bridgehead atoms. The van der Waals surface area contributed by atoms with Gasteiger partial charge in [0.25, 0.3) is 0 Å². The highest BCUT2D eigenvalue weighted by Crippen LogP contribution is 2.45. The lowest BCUT2D eigenvalue weighted by Crippen LogP contribution is -2.57. The van der Waals surface area contributed by atoms with Crippen molar-refractivity contribution in [2.45, 2.75) is 32.0 Å². The van der Waals surface area contributed by atoms with E-state index < -0.39 is 17.6 Å². The Morgan fingerprint density at radius 2 is 1.95 bits per heavy atom. The minimum absolute atomic E-state index is 0.253. The number of hydrogen-bond acceptors (Lipinski definition) is 3. The maximum absolute atomic E-state index is 13.1. The van der Waals surface area contributed by atoms with Crippen molar-refractivity contribution in [1.29, 1.82) is 0 Å². The Hall–Kier alpha value is -0.820. The van der Waals surface area contributed by atoms with Crippen molar-refractivity contribution in [2.75, 3.05) is 32.7 Å². The number of nitrogens with zero attached hydrogens (tertiary/aromatic N) is 1. The van der Waals surface area contributed by atoms with Gasteiger partial charge in [0.1, 0.15) is 6.04 Å². The molecule has 0 radical (unpaired) electrons. The zero-order chi connectivity index (χ0) is 14.1. The van der Waals surface area contributed by atoms with Crippen LogP contribution in [-0.2, 0) is 4.79 Å². The molecule has 0 aromatic heterocycles. The Kier molecular flexibility index (Phi) is 4.06. The number of halogens is 3. The number of hydrogen-bond donors (Lipinski definition) is 2. The summed E-state index contributed by atoms with van der Waals surface area (Å²) in [4.78, 5) is 13.1. The molecule has 1 atom stereocenters. The molecule has 2 N–H and O–H groups in total. The van der Waals surface area contributed by atoms with E-state index in [1.807, 2.05) is 0 Å². The average Bonchev–Trinajstić information content (AvgIpc) is 3.08. The summed E-state index contributed by atoms with van der Waals surface area (Å²) in [6.07, 6.45) is -2.78. The van der Waals surface area contributed by atoms with Crippen LogP contribution in [0.15, 0.2) is 0 Å². The lowest BCUT2D eigenvalue weighted by atomic mass is 10.1. The molecule has 0 aromatic carbocycles. The molecule has 0 spiro atoms. The lowest BCUT2D eigenvalue weighted by Gasteiger charge is -2.36. The zero-order valence-corrected chi connectivity index (χ0v) is 11.0. The molecule has 19 heavy (non-hydrogen) atoms. The second-order valence-corrected chi connectivity index (χ2v) is 5.61. The summed E-state index contributed by atoms with van der Waals surface area (Å²) in [7, 11) is 0. The number of carbonyl (C=O) groups is 1. The van der Waals surface area contributed by atoms with Crippen LogP contribution in [0.3, 0.4) is 0 Å². The van der Waals surface area contributed by atoms with Crippen LogP contribution in [0.25, 0.3) is 0 Å². The standard InChI is InChI=1S/C12H20F3N3O/c1-11(2-3-11)10(19)17-8-9(12(13,14)15)18-6-4-16-5-7-18/h9,16H,2-8H2,1H3,(H,17,19). The van der Waals surface area contributed by atoms with Gasteiger partial charge in [-0.25, -0.2) is 0 Å². The van der Waals surface area contributed by atoms with Gasteiger partial charge in [0.2, 0.25) is 5.91 Å². The first-order valence-electron chi connectivity index (χ1n) is 6.63. The fourth-order valence-electron chi connectivity index (χ4n) is 2.26. The van der Waals surface area contributed by atoms with E-state index in [9.17, 15) is 18.0 Å². The van der Waals surface area contributed by atoms with E-state index in [2.05, 4.69) is 10.6 Å². The minimum Gasteiger partial charge on any atom is -0.354 e. The van der Waals surface area contributed by atoms with Gasteiger partial charge in [0.15, 0.2) is 0 Å². The number of piperazine rings is 1. The number of rotatable bonds is 4. The summed E-state index contributed by atoms with van der Waals surface area (Å²) in [5.41, 5.74) is -0.431. The number of nitrogens with one attached hydrogen (secondary N) is 2. The van der Waals surface area contributed by atoms with Crippen molar-refractivity contribution in [1.82, 2.24) is 15.5 Å². The zero-order valence-electron chi connectivity index (χ0n) is 11.0. The Bertz CT molecular complexity index is 336. The highest BCUT2D eigenvalue weighted by Gasteiger charge is 2.47. The van der Waals surface area contributed by atoms with Crippen molar-refractivity contribution in [3.05, 3.63) is 0 Å². The Balaban J connectivity index is 1.92. The van der Waals surface area contributed by atoms with Crippen LogP contribution in [0.2, 0.25) is 0 Å². The highest BCUT2D eigenvalue weighted by atomic mass is 19.4. The van der Waals surface area contributed by atoms with E-state index >= 15 is 0 Å². The van der Waals surface area contributed by atoms with Crippen molar-refractivity contribution in [2.24, 2.45) is 5.41 Å². The van der Waals surface area contributed by atoms with Gasteiger partial charge in [0, 0.05) is 38.1 Å². The third kappa shape index (κ3) is 3.60. The Morgan fingerprint density at radius 1 is 1.37 bits per heavy atom. The van der Waals surface area contributed by atoms with E-state index in [1.54, 1.807) is 6.92 Å². The van der Waals surface area contributed by atoms with Crippen molar-refractivity contribution >= 4 is 5.91 Å². The molecule has 1 heterocycles. The molecule has 1 amide bonds. The normalized spacial score (nSPS) is 24.8. The van der Waals surface area contributed by atoms with E-state index in [0.717, 1.165) is 12.8 Å². The summed E-state index contributed by atoms with van der Waals surface area (Å²) in [6, 6.07) is -1.58. The predicted molar refractivity (Wildman–Crippen MR) is 64.6 cm³/mol. The Morgan fingerprint density at radius 3 is 2.42 bits per heavy atom. The summed E-state index contributed by atoms with van der Waals surface area (Å²) in [5, 5.41) is 5.49. The van der Waals surface area contributed by atoms with Gasteiger partial charge in [-0.2, -0.15) is 13.2 Å². The van der Waals surface area contributed by atoms with Gasteiger partial charge in [-0.15, -0.1) is 0 Å². The molecule has 2 rings (SSSR count). The fraction of sp³-hybridized carbons (Fsp3) is 0.917. The first kappa shape index (κ1) is 14.6. The summed E-state index contributed by atoms with van der Waals surface area (Å²) in [5.74, 6) is -0.253. The Labute approximate surface area is 110 Å². The van der Waals surface area contributed by atoms with E-state index in [1.165, 1.54) is 4.90 Å².